The molecule has 4 aromatic rings. The zero-order valence-corrected chi connectivity index (χ0v) is 74.0. The van der Waals surface area contributed by atoms with Crippen LogP contribution in [-0.2, 0) is 166 Å². The van der Waals surface area contributed by atoms with Crippen molar-refractivity contribution in [2.45, 2.75) is 235 Å². The van der Waals surface area contributed by atoms with E-state index < -0.39 is 124 Å². The predicted molar refractivity (Wildman–Crippen MR) is 460 cm³/mol. The number of fused-ring (bicyclic) bond motifs is 8. The molecule has 8 bridgehead atoms. The van der Waals surface area contributed by atoms with Crippen LogP contribution in [0.3, 0.4) is 0 Å². The first-order valence-electron chi connectivity index (χ1n) is 43.5. The van der Waals surface area contributed by atoms with Gasteiger partial charge in [0.25, 0.3) is 0 Å². The highest BCUT2D eigenvalue weighted by Gasteiger charge is 2.28. The zero-order valence-electron chi connectivity index (χ0n) is 74.0. The molecule has 5 rings (SSSR count). The van der Waals surface area contributed by atoms with E-state index in [1.807, 2.05) is 0 Å². The maximum Gasteiger partial charge on any atom is 0.337 e. The first kappa shape index (κ1) is 103. The molecule has 0 N–H and O–H groups in total. The number of benzene rings is 4. The Balaban J connectivity index is 1.87. The van der Waals surface area contributed by atoms with Gasteiger partial charge in [0.2, 0.25) is 0 Å². The average molecular weight is 1730 g/mol. The molecule has 124 heavy (non-hydrogen) atoms. The van der Waals surface area contributed by atoms with Crippen LogP contribution in [0, 0.1) is 0 Å². The van der Waals surface area contributed by atoms with Crippen LogP contribution in [0.25, 0.3) is 0 Å². The second kappa shape index (κ2) is 58.7. The van der Waals surface area contributed by atoms with Gasteiger partial charge >= 0.3 is 71.6 Å². The molecule has 0 radical (unpaired) electrons. The van der Waals surface area contributed by atoms with E-state index in [-0.39, 0.29) is 127 Å². The molecule has 0 heterocycles. The summed E-state index contributed by atoms with van der Waals surface area (Å²) in [5, 5.41) is 0. The van der Waals surface area contributed by atoms with Gasteiger partial charge in [0.15, 0.2) is 0 Å². The first-order valence-corrected chi connectivity index (χ1v) is 43.5. The van der Waals surface area contributed by atoms with Crippen molar-refractivity contribution < 1.29 is 133 Å². The Labute approximate surface area is 729 Å². The number of rotatable bonds is 60. The largest absolute Gasteiger partial charge is 0.489 e. The summed E-state index contributed by atoms with van der Waals surface area (Å²) in [5.74, 6) is -8.70. The fourth-order valence-corrected chi connectivity index (χ4v) is 13.5. The molecule has 28 nitrogen and oxygen atoms in total. The van der Waals surface area contributed by atoms with Crippen LogP contribution in [0.5, 0.6) is 23.0 Å². The van der Waals surface area contributed by atoms with Crippen molar-refractivity contribution in [3.05, 3.63) is 164 Å². The number of esters is 12. The lowest BCUT2D eigenvalue weighted by molar-refractivity contribution is -0.156. The topological polar surface area (TPSA) is 353 Å². The van der Waals surface area contributed by atoms with Crippen molar-refractivity contribution in [3.63, 3.8) is 0 Å². The van der Waals surface area contributed by atoms with E-state index in [0.717, 1.165) is 125 Å². The minimum Gasteiger partial charge on any atom is -0.489 e. The molecule has 0 unspecified atom stereocenters. The summed E-state index contributed by atoms with van der Waals surface area (Å²) < 4.78 is 91.6. The van der Waals surface area contributed by atoms with Crippen LogP contribution < -0.4 is 18.9 Å². The second-order valence-electron chi connectivity index (χ2n) is 29.8. The van der Waals surface area contributed by atoms with Crippen molar-refractivity contribution in [1.82, 2.24) is 0 Å². The lowest BCUT2D eigenvalue weighted by atomic mass is 9.87. The third-order valence-electron chi connectivity index (χ3n) is 19.4. The summed E-state index contributed by atoms with van der Waals surface area (Å²) in [6.45, 7) is 26.0. The fourth-order valence-electron chi connectivity index (χ4n) is 13.5. The van der Waals surface area contributed by atoms with Crippen LogP contribution in [0.4, 0.5) is 0 Å². The Morgan fingerprint density at radius 2 is 0.411 bits per heavy atom. The molecule has 1 aliphatic carbocycles. The van der Waals surface area contributed by atoms with Crippen molar-refractivity contribution in [2.24, 2.45) is 0 Å². The number of carbonyl (C=O) groups is 12. The molecule has 1 aliphatic rings. The summed E-state index contributed by atoms with van der Waals surface area (Å²) in [6.07, 6.45) is 15.5. The van der Waals surface area contributed by atoms with Gasteiger partial charge in [-0.2, -0.15) is 0 Å². The number of unbranched alkanes of at least 4 members (excludes halogenated alkanes) is 12. The summed E-state index contributed by atoms with van der Waals surface area (Å²) >= 11 is 0. The smallest absolute Gasteiger partial charge is 0.337 e. The number of carbonyl (C=O) groups excluding carboxylic acids is 12. The Morgan fingerprint density at radius 3 is 0.581 bits per heavy atom. The van der Waals surface area contributed by atoms with Gasteiger partial charge in [-0.25, -0.2) is 19.2 Å². The van der Waals surface area contributed by atoms with E-state index in [1.54, 1.807) is 27.7 Å². The third-order valence-corrected chi connectivity index (χ3v) is 19.4. The van der Waals surface area contributed by atoms with Crippen LogP contribution in [0.2, 0.25) is 0 Å². The minimum absolute atomic E-state index is 0.0510. The predicted octanol–water partition coefficient (Wildman–Crippen LogP) is 14.8. The van der Waals surface area contributed by atoms with Crippen LogP contribution >= 0.6 is 0 Å². The zero-order chi connectivity index (χ0) is 90.6. The van der Waals surface area contributed by atoms with E-state index in [4.69, 9.17) is 75.8 Å². The number of hydrogen-bond acceptors (Lipinski definition) is 28. The van der Waals surface area contributed by atoms with Gasteiger partial charge < -0.3 is 75.8 Å². The van der Waals surface area contributed by atoms with E-state index in [1.165, 1.54) is 0 Å². The van der Waals surface area contributed by atoms with Crippen LogP contribution in [0.1, 0.15) is 251 Å². The molecule has 0 saturated heterocycles. The Morgan fingerprint density at radius 1 is 0.234 bits per heavy atom. The fraction of sp³-hybridized carbons (Fsp3) is 0.542. The molecule has 0 saturated carbocycles. The Kier molecular flexibility index (Phi) is 48.9. The van der Waals surface area contributed by atoms with E-state index >= 15 is 0 Å². The molecular weight excluding hydrogens is 1600 g/mol. The molecule has 0 fully saturated rings. The number of aryl methyl sites for hydroxylation is 4. The maximum absolute atomic E-state index is 13.7. The van der Waals surface area contributed by atoms with Crippen molar-refractivity contribution in [3.8, 4) is 23.0 Å². The first-order chi connectivity index (χ1) is 59.8. The summed E-state index contributed by atoms with van der Waals surface area (Å²) in [4.78, 5) is 153. The second-order valence-corrected chi connectivity index (χ2v) is 29.8. The molecule has 680 valence electrons. The lowest BCUT2D eigenvalue weighted by Gasteiger charge is -2.25. The van der Waals surface area contributed by atoms with E-state index in [0.29, 0.717) is 93.2 Å². The number of hydrogen-bond donors (Lipinski definition) is 0. The molecule has 0 spiro atoms. The molecule has 0 aromatic heterocycles. The van der Waals surface area contributed by atoms with Gasteiger partial charge in [0, 0.05) is 25.7 Å². The van der Waals surface area contributed by atoms with Gasteiger partial charge in [-0.1, -0.05) is 180 Å². The highest BCUT2D eigenvalue weighted by molar-refractivity contribution is 5.95. The Hall–Kier alpha value is -11.3. The number of ether oxygens (including phenoxy) is 16. The maximum atomic E-state index is 13.7. The van der Waals surface area contributed by atoms with Gasteiger partial charge in [-0.05, 0) is 146 Å². The van der Waals surface area contributed by atoms with Gasteiger partial charge in [0.1, 0.15) is 128 Å². The van der Waals surface area contributed by atoms with Gasteiger partial charge in [0.05, 0.1) is 48.7 Å². The molecule has 4 aromatic carbocycles. The summed E-state index contributed by atoms with van der Waals surface area (Å²) in [6, 6.07) is 17.0. The normalized spacial score (nSPS) is 11.3. The minimum atomic E-state index is -0.927. The molecule has 28 heteroatoms. The molecule has 0 atom stereocenters. The van der Waals surface area contributed by atoms with Gasteiger partial charge in [-0.3, -0.25) is 38.4 Å². The molecule has 0 aliphatic heterocycles. The van der Waals surface area contributed by atoms with E-state index in [2.05, 4.69) is 103 Å². The summed E-state index contributed by atoms with van der Waals surface area (Å²) in [7, 11) is 0. The highest BCUT2D eigenvalue weighted by atomic mass is 16.6. The monoisotopic (exact) mass is 1730 g/mol. The highest BCUT2D eigenvalue weighted by Crippen LogP contribution is 2.42. The van der Waals surface area contributed by atoms with E-state index in [9.17, 15) is 57.5 Å². The quantitative estimate of drug-likeness (QED) is 0.0115. The van der Waals surface area contributed by atoms with Crippen molar-refractivity contribution in [2.75, 3.05) is 106 Å². The molecule has 0 amide bonds. The Bertz CT molecular complexity index is 3630. The lowest BCUT2D eigenvalue weighted by Crippen LogP contribution is -2.20. The summed E-state index contributed by atoms with van der Waals surface area (Å²) in [5.41, 5.74) is 8.79. The SMILES string of the molecule is C=C(COC(=O)CC(=O)OCC)C(=O)OCCOc1c2cc(CCCCCC)cc1Cc1cc(CCCCCC)cc(c1OCCOC(=O)C(=C)COC(=O)CC(=O)OCC)Cc1cc(CCCCCC)cc(c1OCCOC(=O)C(=C)COC(=O)CC(=O)OCC)Cc1cc(CCCCCC)cc(c1OCCOC(=O)C(=C)COC(=O)CC(=O)OCC)C2. The molecular formula is C96H128O28. The van der Waals surface area contributed by atoms with Crippen molar-refractivity contribution >= 4 is 71.6 Å². The standard InChI is InChI=1S/C96H128O28/c1-13-21-25-29-33-69-45-73-53-75-47-70(34-30-26-22-14-2)49-77(90(75)114-38-42-118-94(106)66(10)62-122-86(102)58-82(98)110-18-6)55-79-51-72(36-32-28-24-16-4)52-80(92(79)116-40-44-120-96(108)68(12)64-124-88(104)60-84(100)112-20-8)56-78-50-71(35-31-27-23-15-3)48-76(91(78)115-39-43-119-95(107)67(11)63-123-87(103)59-83(99)111-19-7)54-74(46-69)89(73)113-37-41-117-93(105)65(9)61-121-85(101)57-81(97)109-17-5/h45-52H,9-44,53-64H2,1-8H3. The van der Waals surface area contributed by atoms with Crippen LogP contribution in [-0.4, -0.2) is 177 Å². The van der Waals surface area contributed by atoms with Crippen LogP contribution in [0.15, 0.2) is 97.1 Å². The third kappa shape index (κ3) is 39.0. The van der Waals surface area contributed by atoms with Crippen molar-refractivity contribution in [1.29, 1.82) is 0 Å². The van der Waals surface area contributed by atoms with Gasteiger partial charge in [-0.15, -0.1) is 0 Å². The average Bonchev–Trinajstić information content (AvgIpc) is 0.771.